The van der Waals surface area contributed by atoms with E-state index in [0.29, 0.717) is 5.92 Å². The summed E-state index contributed by atoms with van der Waals surface area (Å²) in [5, 5.41) is 10.7. The molecule has 0 fully saturated rings. The van der Waals surface area contributed by atoms with E-state index < -0.39 is 0 Å². The highest BCUT2D eigenvalue weighted by Gasteiger charge is 2.12. The Balaban J connectivity index is 2.79. The molecule has 1 nitrogen and oxygen atoms in total. The van der Waals surface area contributed by atoms with Crippen LogP contribution in [0.2, 0.25) is 0 Å². The average Bonchev–Trinajstić information content (AvgIpc) is 2.29. The Kier molecular flexibility index (Phi) is 5.94. The van der Waals surface area contributed by atoms with Gasteiger partial charge in [-0.05, 0) is 54.6 Å². The fourth-order valence-corrected chi connectivity index (χ4v) is 2.77. The number of thioether (sulfide) groups is 1. The van der Waals surface area contributed by atoms with E-state index in [9.17, 15) is 0 Å². The summed E-state index contributed by atoms with van der Waals surface area (Å²) in [4.78, 5) is 0. The van der Waals surface area contributed by atoms with E-state index in [1.54, 1.807) is 0 Å². The van der Waals surface area contributed by atoms with E-state index >= 15 is 0 Å². The van der Waals surface area contributed by atoms with Gasteiger partial charge in [-0.1, -0.05) is 35.0 Å². The number of rotatable bonds is 5. The highest BCUT2D eigenvalue weighted by atomic mass is 79.9. The second-order valence-electron chi connectivity index (χ2n) is 3.79. The van der Waals surface area contributed by atoms with Crippen molar-refractivity contribution < 1.29 is 0 Å². The van der Waals surface area contributed by atoms with Crippen LogP contribution in [0.25, 0.3) is 0 Å². The third-order valence-electron chi connectivity index (χ3n) is 2.88. The number of nitriles is 1. The van der Waals surface area contributed by atoms with Crippen molar-refractivity contribution in [1.29, 1.82) is 5.26 Å². The molecular weight excluding hydrogens is 282 g/mol. The van der Waals surface area contributed by atoms with E-state index in [1.807, 2.05) is 0 Å². The SMILES string of the molecule is CCC(CCSC#N)c1cccc(Br)c1C. The summed E-state index contributed by atoms with van der Waals surface area (Å²) in [6.45, 7) is 4.36. The molecule has 0 aliphatic heterocycles. The maximum absolute atomic E-state index is 8.53. The monoisotopic (exact) mass is 297 g/mol. The van der Waals surface area contributed by atoms with Gasteiger partial charge < -0.3 is 0 Å². The maximum atomic E-state index is 8.53. The van der Waals surface area contributed by atoms with Gasteiger partial charge in [0.1, 0.15) is 5.40 Å². The van der Waals surface area contributed by atoms with E-state index in [0.717, 1.165) is 18.6 Å². The zero-order valence-corrected chi connectivity index (χ0v) is 12.1. The molecule has 0 heterocycles. The number of hydrogen-bond acceptors (Lipinski definition) is 2. The van der Waals surface area contributed by atoms with E-state index in [4.69, 9.17) is 5.26 Å². The lowest BCUT2D eigenvalue weighted by Gasteiger charge is -2.17. The van der Waals surface area contributed by atoms with Crippen LogP contribution in [0, 0.1) is 17.6 Å². The van der Waals surface area contributed by atoms with Gasteiger partial charge in [0.15, 0.2) is 0 Å². The summed E-state index contributed by atoms with van der Waals surface area (Å²) in [5.41, 5.74) is 2.74. The Bertz CT molecular complexity index is 384. The van der Waals surface area contributed by atoms with Gasteiger partial charge in [0.05, 0.1) is 0 Å². The largest absolute Gasteiger partial charge is 0.185 e. The van der Waals surface area contributed by atoms with Crippen LogP contribution < -0.4 is 0 Å². The summed E-state index contributed by atoms with van der Waals surface area (Å²) < 4.78 is 1.18. The molecule has 0 bridgehead atoms. The van der Waals surface area contributed by atoms with Crippen molar-refractivity contribution in [2.45, 2.75) is 32.6 Å². The van der Waals surface area contributed by atoms with Crippen molar-refractivity contribution in [2.24, 2.45) is 0 Å². The highest BCUT2D eigenvalue weighted by molar-refractivity contribution is 9.10. The molecule has 0 aliphatic carbocycles. The summed E-state index contributed by atoms with van der Waals surface area (Å²) in [6.07, 6.45) is 2.20. The molecule has 3 heteroatoms. The zero-order chi connectivity index (χ0) is 12.0. The second kappa shape index (κ2) is 6.98. The van der Waals surface area contributed by atoms with Gasteiger partial charge >= 0.3 is 0 Å². The number of thiocyanates is 1. The Morgan fingerprint density at radius 1 is 1.50 bits per heavy atom. The standard InChI is InChI=1S/C13H16BrNS/c1-3-11(7-8-16-9-15)12-5-4-6-13(14)10(12)2/h4-6,11H,3,7-8H2,1-2H3. The van der Waals surface area contributed by atoms with Gasteiger partial charge in [-0.25, -0.2) is 0 Å². The second-order valence-corrected chi connectivity index (χ2v) is 5.52. The zero-order valence-electron chi connectivity index (χ0n) is 9.66. The lowest BCUT2D eigenvalue weighted by Crippen LogP contribution is -2.01. The summed E-state index contributed by atoms with van der Waals surface area (Å²) in [6, 6.07) is 6.37. The minimum absolute atomic E-state index is 0.568. The highest BCUT2D eigenvalue weighted by Crippen LogP contribution is 2.30. The molecule has 0 aliphatic rings. The van der Waals surface area contributed by atoms with Gasteiger partial charge in [0, 0.05) is 10.2 Å². The molecule has 0 saturated heterocycles. The van der Waals surface area contributed by atoms with E-state index in [2.05, 4.69) is 53.4 Å². The van der Waals surface area contributed by atoms with Gasteiger partial charge in [0.25, 0.3) is 0 Å². The van der Waals surface area contributed by atoms with E-state index in [-0.39, 0.29) is 0 Å². The van der Waals surface area contributed by atoms with E-state index in [1.165, 1.54) is 27.4 Å². The predicted molar refractivity (Wildman–Crippen MR) is 74.6 cm³/mol. The van der Waals surface area contributed by atoms with Crippen molar-refractivity contribution in [2.75, 3.05) is 5.75 Å². The summed E-state index contributed by atoms with van der Waals surface area (Å²) in [7, 11) is 0. The van der Waals surface area contributed by atoms with Crippen LogP contribution in [-0.4, -0.2) is 5.75 Å². The van der Waals surface area contributed by atoms with Crippen molar-refractivity contribution in [3.8, 4) is 5.40 Å². The lowest BCUT2D eigenvalue weighted by molar-refractivity contribution is 0.643. The van der Waals surface area contributed by atoms with Crippen LogP contribution in [0.1, 0.15) is 36.8 Å². The van der Waals surface area contributed by atoms with Crippen LogP contribution in [-0.2, 0) is 0 Å². The van der Waals surface area contributed by atoms with Gasteiger partial charge in [-0.3, -0.25) is 0 Å². The molecule has 1 aromatic carbocycles. The molecule has 1 atom stereocenters. The maximum Gasteiger partial charge on any atom is 0.133 e. The minimum atomic E-state index is 0.568. The van der Waals surface area contributed by atoms with Crippen LogP contribution in [0.3, 0.4) is 0 Å². The van der Waals surface area contributed by atoms with Crippen molar-refractivity contribution in [3.05, 3.63) is 33.8 Å². The molecule has 1 unspecified atom stereocenters. The first-order valence-electron chi connectivity index (χ1n) is 5.46. The molecule has 0 saturated carbocycles. The average molecular weight is 298 g/mol. The molecule has 0 radical (unpaired) electrons. The minimum Gasteiger partial charge on any atom is -0.185 e. The van der Waals surface area contributed by atoms with Crippen LogP contribution in [0.4, 0.5) is 0 Å². The summed E-state index contributed by atoms with van der Waals surface area (Å²) in [5.74, 6) is 1.49. The molecule has 16 heavy (non-hydrogen) atoms. The van der Waals surface area contributed by atoms with Crippen molar-refractivity contribution >= 4 is 27.7 Å². The predicted octanol–water partition coefficient (Wildman–Crippen LogP) is 4.86. The molecular formula is C13H16BrNS. The Labute approximate surface area is 110 Å². The molecule has 86 valence electrons. The van der Waals surface area contributed by atoms with Gasteiger partial charge in [-0.2, -0.15) is 5.26 Å². The van der Waals surface area contributed by atoms with Gasteiger partial charge in [-0.15, -0.1) is 0 Å². The third-order valence-corrected chi connectivity index (χ3v) is 4.30. The Hall–Kier alpha value is -0.460. The summed E-state index contributed by atoms with van der Waals surface area (Å²) >= 11 is 4.92. The van der Waals surface area contributed by atoms with Crippen LogP contribution in [0.5, 0.6) is 0 Å². The normalized spacial score (nSPS) is 12.1. The number of nitrogens with zero attached hydrogens (tertiary/aromatic N) is 1. The fourth-order valence-electron chi connectivity index (χ4n) is 1.89. The van der Waals surface area contributed by atoms with Crippen molar-refractivity contribution in [3.63, 3.8) is 0 Å². The lowest BCUT2D eigenvalue weighted by atomic mass is 9.91. The molecule has 0 amide bonds. The molecule has 1 rings (SSSR count). The molecule has 0 spiro atoms. The molecule has 0 N–H and O–H groups in total. The molecule has 1 aromatic rings. The van der Waals surface area contributed by atoms with Gasteiger partial charge in [0.2, 0.25) is 0 Å². The molecule has 0 aromatic heterocycles. The third kappa shape index (κ3) is 3.54. The fraction of sp³-hybridized carbons (Fsp3) is 0.462. The Morgan fingerprint density at radius 3 is 2.88 bits per heavy atom. The number of hydrogen-bond donors (Lipinski definition) is 0. The first-order chi connectivity index (χ1) is 7.70. The number of benzene rings is 1. The quantitative estimate of drug-likeness (QED) is 0.573. The first kappa shape index (κ1) is 13.6. The van der Waals surface area contributed by atoms with Crippen molar-refractivity contribution in [1.82, 2.24) is 0 Å². The van der Waals surface area contributed by atoms with Crippen LogP contribution >= 0.6 is 27.7 Å². The number of halogens is 1. The topological polar surface area (TPSA) is 23.8 Å². The van der Waals surface area contributed by atoms with Crippen LogP contribution in [0.15, 0.2) is 22.7 Å². The first-order valence-corrected chi connectivity index (χ1v) is 7.24. The smallest absolute Gasteiger partial charge is 0.133 e. The Morgan fingerprint density at radius 2 is 2.25 bits per heavy atom.